The third kappa shape index (κ3) is 6.02. The van der Waals surface area contributed by atoms with Crippen LogP contribution in [0.1, 0.15) is 6.92 Å². The molecule has 3 N–H and O–H groups in total. The van der Waals surface area contributed by atoms with Crippen LogP contribution < -0.4 is 20.1 Å². The van der Waals surface area contributed by atoms with E-state index in [1.807, 2.05) is 35.1 Å². The van der Waals surface area contributed by atoms with Gasteiger partial charge in [0.05, 0.1) is 9.37 Å². The first-order valence-electron chi connectivity index (χ1n) is 9.20. The Morgan fingerprint density at radius 1 is 1.03 bits per heavy atom. The van der Waals surface area contributed by atoms with Crippen LogP contribution in [0, 0.1) is 0 Å². The van der Waals surface area contributed by atoms with E-state index in [2.05, 4.69) is 26.6 Å². The van der Waals surface area contributed by atoms with Crippen LogP contribution in [0.3, 0.4) is 0 Å². The fourth-order valence-electron chi connectivity index (χ4n) is 2.76. The highest BCUT2D eigenvalue weighted by atomic mass is 79.9. The predicted octanol–water partition coefficient (Wildman–Crippen LogP) is 3.32. The predicted molar refractivity (Wildman–Crippen MR) is 129 cm³/mol. The summed E-state index contributed by atoms with van der Waals surface area (Å²) < 4.78 is 32.1. The van der Waals surface area contributed by atoms with Gasteiger partial charge in [-0.3, -0.25) is 14.9 Å². The molecule has 3 aromatic rings. The minimum atomic E-state index is -3.93. The van der Waals surface area contributed by atoms with Gasteiger partial charge in [0.2, 0.25) is 5.91 Å². The van der Waals surface area contributed by atoms with E-state index in [0.29, 0.717) is 11.4 Å². The van der Waals surface area contributed by atoms with E-state index in [4.69, 9.17) is 17.0 Å². The Kier molecular flexibility index (Phi) is 7.44. The molecule has 0 unspecified atom stereocenters. The molecule has 2 amide bonds. The third-order valence-electron chi connectivity index (χ3n) is 4.14. The molecule has 3 aromatic carbocycles. The summed E-state index contributed by atoms with van der Waals surface area (Å²) in [5.74, 6) is -0.629. The number of hydrogen-bond acceptors (Lipinski definition) is 6. The van der Waals surface area contributed by atoms with Crippen molar-refractivity contribution >= 4 is 71.6 Å². The lowest BCUT2D eigenvalue weighted by molar-refractivity contribution is -0.121. The number of fused-ring (bicyclic) bond motifs is 1. The molecule has 0 spiro atoms. The lowest BCUT2D eigenvalue weighted by Crippen LogP contribution is -2.37. The van der Waals surface area contributed by atoms with Crippen molar-refractivity contribution in [2.75, 3.05) is 11.9 Å². The first-order valence-corrected chi connectivity index (χ1v) is 11.9. The van der Waals surface area contributed by atoms with Gasteiger partial charge in [-0.2, -0.15) is 0 Å². The van der Waals surface area contributed by atoms with E-state index in [9.17, 15) is 18.0 Å². The Hall–Kier alpha value is -3.02. The van der Waals surface area contributed by atoms with E-state index < -0.39 is 21.8 Å². The minimum Gasteiger partial charge on any atom is -0.483 e. The number of sulfonamides is 1. The second-order valence-electron chi connectivity index (χ2n) is 6.58. The fourth-order valence-corrected chi connectivity index (χ4v) is 4.59. The molecule has 3 rings (SSSR count). The molecule has 0 aliphatic carbocycles. The molecule has 0 fully saturated rings. The zero-order valence-corrected chi connectivity index (χ0v) is 19.9. The van der Waals surface area contributed by atoms with Gasteiger partial charge in [-0.15, -0.1) is 0 Å². The Labute approximate surface area is 198 Å². The second kappa shape index (κ2) is 10.1. The van der Waals surface area contributed by atoms with E-state index >= 15 is 0 Å². The molecule has 0 heterocycles. The number of rotatable bonds is 6. The van der Waals surface area contributed by atoms with Gasteiger partial charge in [0.1, 0.15) is 5.75 Å². The number of halogens is 1. The minimum absolute atomic E-state index is 0.0219. The standard InChI is InChI=1S/C21H18BrN3O5S2/c1-13(26)25-32(28,29)16-9-7-15(8-10-16)23-21(31)24-19(27)12-30-18-11-6-14-4-2-3-5-17(14)20(18)22/h2-11H,12H2,1H3,(H,25,26)(H2,23,24,27,31). The zero-order chi connectivity index (χ0) is 23.3. The van der Waals surface area contributed by atoms with Crippen LogP contribution in [0.2, 0.25) is 0 Å². The van der Waals surface area contributed by atoms with E-state index in [0.717, 1.165) is 22.2 Å². The van der Waals surface area contributed by atoms with Gasteiger partial charge in [-0.1, -0.05) is 30.3 Å². The van der Waals surface area contributed by atoms with Crippen LogP contribution in [0.4, 0.5) is 5.69 Å². The van der Waals surface area contributed by atoms with Gasteiger partial charge in [0, 0.05) is 12.6 Å². The molecule has 11 heteroatoms. The number of ether oxygens (including phenoxy) is 1. The van der Waals surface area contributed by atoms with E-state index in [1.54, 1.807) is 6.07 Å². The first kappa shape index (κ1) is 23.6. The van der Waals surface area contributed by atoms with Gasteiger partial charge >= 0.3 is 0 Å². The maximum absolute atomic E-state index is 12.2. The maximum Gasteiger partial charge on any atom is 0.264 e. The van der Waals surface area contributed by atoms with Crippen LogP contribution in [0.15, 0.2) is 70.0 Å². The molecule has 166 valence electrons. The molecule has 0 aliphatic rings. The van der Waals surface area contributed by atoms with Gasteiger partial charge < -0.3 is 10.1 Å². The largest absolute Gasteiger partial charge is 0.483 e. The summed E-state index contributed by atoms with van der Waals surface area (Å²) in [6, 6.07) is 17.0. The number of thiocarbonyl (C=S) groups is 1. The Bertz CT molecular complexity index is 1290. The van der Waals surface area contributed by atoms with Gasteiger partial charge in [0.25, 0.3) is 15.9 Å². The van der Waals surface area contributed by atoms with Crippen LogP contribution >= 0.6 is 28.1 Å². The molecule has 0 radical (unpaired) electrons. The number of anilines is 1. The number of nitrogens with one attached hydrogen (secondary N) is 3. The van der Waals surface area contributed by atoms with E-state index in [-0.39, 0.29) is 16.6 Å². The van der Waals surface area contributed by atoms with Crippen LogP contribution in [-0.4, -0.2) is 32.0 Å². The molecule has 0 saturated heterocycles. The van der Waals surface area contributed by atoms with Crippen molar-refractivity contribution in [3.05, 3.63) is 65.1 Å². The van der Waals surface area contributed by atoms with Crippen LogP contribution in [-0.2, 0) is 19.6 Å². The summed E-state index contributed by atoms with van der Waals surface area (Å²) in [6.07, 6.45) is 0. The third-order valence-corrected chi connectivity index (χ3v) is 6.61. The van der Waals surface area contributed by atoms with Crippen molar-refractivity contribution in [1.82, 2.24) is 10.0 Å². The number of benzene rings is 3. The quantitative estimate of drug-likeness (QED) is 0.415. The average molecular weight is 536 g/mol. The molecule has 0 saturated carbocycles. The summed E-state index contributed by atoms with van der Waals surface area (Å²) in [4.78, 5) is 23.1. The Balaban J connectivity index is 1.54. The zero-order valence-electron chi connectivity index (χ0n) is 16.7. The number of amides is 2. The molecule has 0 atom stereocenters. The topological polar surface area (TPSA) is 114 Å². The Morgan fingerprint density at radius 3 is 2.41 bits per heavy atom. The first-order chi connectivity index (χ1) is 15.2. The summed E-state index contributed by atoms with van der Waals surface area (Å²) in [5.41, 5.74) is 0.454. The normalized spacial score (nSPS) is 10.9. The second-order valence-corrected chi connectivity index (χ2v) is 9.46. The summed E-state index contributed by atoms with van der Waals surface area (Å²) in [6.45, 7) is 0.851. The van der Waals surface area contributed by atoms with Crippen molar-refractivity contribution in [2.45, 2.75) is 11.8 Å². The smallest absolute Gasteiger partial charge is 0.264 e. The monoisotopic (exact) mass is 535 g/mol. The molecule has 32 heavy (non-hydrogen) atoms. The van der Waals surface area contributed by atoms with Crippen LogP contribution in [0.5, 0.6) is 5.75 Å². The lowest BCUT2D eigenvalue weighted by atomic mass is 10.1. The molecule has 0 aliphatic heterocycles. The maximum atomic E-state index is 12.2. The van der Waals surface area contributed by atoms with Gasteiger partial charge in [0.15, 0.2) is 11.7 Å². The summed E-state index contributed by atoms with van der Waals surface area (Å²) >= 11 is 8.61. The molecular formula is C21H18BrN3O5S2. The van der Waals surface area contributed by atoms with E-state index in [1.165, 1.54) is 24.3 Å². The highest BCUT2D eigenvalue weighted by molar-refractivity contribution is 9.10. The molecule has 0 bridgehead atoms. The highest BCUT2D eigenvalue weighted by Crippen LogP contribution is 2.32. The molecule has 8 nitrogen and oxygen atoms in total. The highest BCUT2D eigenvalue weighted by Gasteiger charge is 2.15. The van der Waals surface area contributed by atoms with Crippen molar-refractivity contribution in [3.8, 4) is 5.75 Å². The van der Waals surface area contributed by atoms with Gasteiger partial charge in [-0.25, -0.2) is 13.1 Å². The Morgan fingerprint density at radius 2 is 1.72 bits per heavy atom. The van der Waals surface area contributed by atoms with Crippen molar-refractivity contribution in [1.29, 1.82) is 0 Å². The van der Waals surface area contributed by atoms with Gasteiger partial charge in [-0.05, 0) is 69.3 Å². The summed E-state index contributed by atoms with van der Waals surface area (Å²) in [7, 11) is -3.93. The molecule has 0 aromatic heterocycles. The van der Waals surface area contributed by atoms with Crippen molar-refractivity contribution in [2.24, 2.45) is 0 Å². The van der Waals surface area contributed by atoms with Crippen molar-refractivity contribution < 1.29 is 22.7 Å². The van der Waals surface area contributed by atoms with Crippen molar-refractivity contribution in [3.63, 3.8) is 0 Å². The average Bonchev–Trinajstić information content (AvgIpc) is 2.73. The number of carbonyl (C=O) groups is 2. The van der Waals surface area contributed by atoms with Crippen LogP contribution in [0.25, 0.3) is 10.8 Å². The number of hydrogen-bond donors (Lipinski definition) is 3. The summed E-state index contributed by atoms with van der Waals surface area (Å²) in [5, 5.41) is 7.30. The SMILES string of the molecule is CC(=O)NS(=O)(=O)c1ccc(NC(=S)NC(=O)COc2ccc3ccccc3c2Br)cc1. The number of carbonyl (C=O) groups excluding carboxylic acids is 2. The fraction of sp³-hybridized carbons (Fsp3) is 0.0952. The molecular weight excluding hydrogens is 518 g/mol. The lowest BCUT2D eigenvalue weighted by Gasteiger charge is -2.12.